The molecule has 10 heteroatoms. The Bertz CT molecular complexity index is 987. The molecule has 28 heavy (non-hydrogen) atoms. The van der Waals surface area contributed by atoms with Gasteiger partial charge in [-0.15, -0.1) is 0 Å². The molecule has 0 aromatic heterocycles. The number of aryl methyl sites for hydroxylation is 1. The van der Waals surface area contributed by atoms with E-state index in [0.717, 1.165) is 5.56 Å². The minimum absolute atomic E-state index is 0.0217. The van der Waals surface area contributed by atoms with Crippen molar-refractivity contribution in [1.29, 1.82) is 0 Å². The average Bonchev–Trinajstić information content (AvgIpc) is 2.70. The van der Waals surface area contributed by atoms with E-state index in [-0.39, 0.29) is 4.90 Å². The van der Waals surface area contributed by atoms with Gasteiger partial charge in [-0.1, -0.05) is 28.9 Å². The molecule has 1 aliphatic rings. The fourth-order valence-electron chi connectivity index (χ4n) is 2.65. The lowest BCUT2D eigenvalue weighted by atomic mass is 10.0. The monoisotopic (exact) mass is 405 g/mol. The van der Waals surface area contributed by atoms with E-state index in [1.54, 1.807) is 30.3 Å². The van der Waals surface area contributed by atoms with Gasteiger partial charge in [0.05, 0.1) is 23.6 Å². The third kappa shape index (κ3) is 4.55. The van der Waals surface area contributed by atoms with Gasteiger partial charge in [-0.05, 0) is 42.3 Å². The molecule has 9 nitrogen and oxygen atoms in total. The first-order chi connectivity index (χ1) is 13.4. The first kappa shape index (κ1) is 20.0. The van der Waals surface area contributed by atoms with Crippen molar-refractivity contribution in [2.45, 2.75) is 24.0 Å². The van der Waals surface area contributed by atoms with Crippen LogP contribution in [-0.2, 0) is 14.3 Å². The number of hydrogen-bond acceptors (Lipinski definition) is 7. The summed E-state index contributed by atoms with van der Waals surface area (Å²) in [6.07, 6.45) is -1.29. The van der Waals surface area contributed by atoms with Crippen molar-refractivity contribution in [2.24, 2.45) is 5.11 Å². The lowest BCUT2D eigenvalue weighted by Gasteiger charge is -2.22. The van der Waals surface area contributed by atoms with Gasteiger partial charge in [0.25, 0.3) is 10.1 Å². The number of hydrogen-bond donors (Lipinski definition) is 1. The van der Waals surface area contributed by atoms with Crippen LogP contribution in [0.15, 0.2) is 52.5 Å². The van der Waals surface area contributed by atoms with Crippen LogP contribution in [0, 0.1) is 6.92 Å². The predicted molar refractivity (Wildman–Crippen MR) is 99.6 cm³/mol. The van der Waals surface area contributed by atoms with Gasteiger partial charge in [-0.3, -0.25) is 4.18 Å². The lowest BCUT2D eigenvalue weighted by Crippen LogP contribution is -2.24. The van der Waals surface area contributed by atoms with E-state index < -0.39 is 28.9 Å². The Kier molecular flexibility index (Phi) is 6.05. The van der Waals surface area contributed by atoms with Crippen molar-refractivity contribution < 1.29 is 27.2 Å². The molecular weight excluding hydrogens is 386 g/mol. The van der Waals surface area contributed by atoms with E-state index in [4.69, 9.17) is 19.2 Å². The van der Waals surface area contributed by atoms with Gasteiger partial charge < -0.3 is 14.6 Å². The van der Waals surface area contributed by atoms with Gasteiger partial charge in [-0.2, -0.15) is 8.42 Å². The Morgan fingerprint density at radius 3 is 2.54 bits per heavy atom. The van der Waals surface area contributed by atoms with Gasteiger partial charge in [0, 0.05) is 4.91 Å². The molecule has 1 aliphatic heterocycles. The number of benzene rings is 2. The molecule has 0 saturated heterocycles. The van der Waals surface area contributed by atoms with E-state index in [9.17, 15) is 13.5 Å². The Hall–Kier alpha value is -2.78. The minimum atomic E-state index is -4.06. The largest absolute Gasteiger partial charge is 0.486 e. The fourth-order valence-corrected chi connectivity index (χ4v) is 3.58. The van der Waals surface area contributed by atoms with E-state index in [1.807, 2.05) is 6.92 Å². The zero-order valence-electron chi connectivity index (χ0n) is 15.1. The number of aliphatic hydroxyl groups is 1. The zero-order valence-corrected chi connectivity index (χ0v) is 15.9. The molecule has 0 fully saturated rings. The number of nitrogens with zero attached hydrogens (tertiary/aromatic N) is 3. The Balaban J connectivity index is 1.76. The second kappa shape index (κ2) is 8.49. The highest BCUT2D eigenvalue weighted by atomic mass is 32.2. The summed E-state index contributed by atoms with van der Waals surface area (Å²) in [5, 5.41) is 14.1. The van der Waals surface area contributed by atoms with Crippen molar-refractivity contribution in [3.05, 3.63) is 64.0 Å². The molecule has 1 heterocycles. The van der Waals surface area contributed by atoms with E-state index >= 15 is 0 Å². The van der Waals surface area contributed by atoms with Crippen molar-refractivity contribution in [2.75, 3.05) is 19.8 Å². The summed E-state index contributed by atoms with van der Waals surface area (Å²) in [6.45, 7) is 2.12. The molecule has 0 spiro atoms. The summed E-state index contributed by atoms with van der Waals surface area (Å²) in [7, 11) is -4.06. The molecule has 3 rings (SSSR count). The predicted octanol–water partition coefficient (Wildman–Crippen LogP) is 2.88. The highest BCUT2D eigenvalue weighted by molar-refractivity contribution is 7.86. The zero-order chi connectivity index (χ0) is 20.1. The number of azide groups is 1. The van der Waals surface area contributed by atoms with Gasteiger partial charge >= 0.3 is 0 Å². The van der Waals surface area contributed by atoms with Crippen LogP contribution in [0.1, 0.15) is 17.2 Å². The smallest absolute Gasteiger partial charge is 0.296 e. The second-order valence-corrected chi connectivity index (χ2v) is 7.79. The molecule has 2 aromatic carbocycles. The first-order valence-electron chi connectivity index (χ1n) is 8.48. The van der Waals surface area contributed by atoms with Crippen LogP contribution in [0.5, 0.6) is 11.5 Å². The quantitative estimate of drug-likeness (QED) is 0.326. The van der Waals surface area contributed by atoms with Gasteiger partial charge in [0.2, 0.25) is 0 Å². The molecule has 148 valence electrons. The Morgan fingerprint density at radius 2 is 1.86 bits per heavy atom. The molecule has 0 bridgehead atoms. The summed E-state index contributed by atoms with van der Waals surface area (Å²) in [5.41, 5.74) is 10.1. The summed E-state index contributed by atoms with van der Waals surface area (Å²) < 4.78 is 40.6. The third-order valence-corrected chi connectivity index (χ3v) is 5.47. The average molecular weight is 405 g/mol. The van der Waals surface area contributed by atoms with Crippen LogP contribution in [0.2, 0.25) is 0 Å². The van der Waals surface area contributed by atoms with Crippen LogP contribution in [0.4, 0.5) is 0 Å². The molecule has 0 saturated carbocycles. The highest BCUT2D eigenvalue weighted by Crippen LogP contribution is 2.34. The Labute approximate surface area is 162 Å². The molecular formula is C18H19N3O6S. The van der Waals surface area contributed by atoms with Crippen LogP contribution in [0.25, 0.3) is 10.4 Å². The number of fused-ring (bicyclic) bond motifs is 1. The van der Waals surface area contributed by atoms with Crippen molar-refractivity contribution >= 4 is 10.1 Å². The molecule has 1 N–H and O–H groups in total. The van der Waals surface area contributed by atoms with E-state index in [2.05, 4.69) is 10.0 Å². The van der Waals surface area contributed by atoms with Crippen LogP contribution in [0.3, 0.4) is 0 Å². The lowest BCUT2D eigenvalue weighted by molar-refractivity contribution is 0.117. The van der Waals surface area contributed by atoms with Crippen LogP contribution >= 0.6 is 0 Å². The standard InChI is InChI=1S/C18H19N3O6S/c1-12-2-5-14(6-3-12)28(23,24)27-11-15(20-21-19)18(22)13-4-7-16-17(10-13)26-9-8-25-16/h2-7,10,15,18,22H,8-9,11H2,1H3. The molecule has 0 amide bonds. The molecule has 2 unspecified atom stereocenters. The SMILES string of the molecule is Cc1ccc(S(=O)(=O)OCC(N=[N+]=[N-])C(O)c2ccc3c(c2)OCCO3)cc1. The maximum atomic E-state index is 12.3. The summed E-state index contributed by atoms with van der Waals surface area (Å²) in [5.74, 6) is 0.997. The number of ether oxygens (including phenoxy) is 2. The third-order valence-electron chi connectivity index (χ3n) is 4.18. The molecule has 0 radical (unpaired) electrons. The maximum Gasteiger partial charge on any atom is 0.296 e. The van der Waals surface area contributed by atoms with Gasteiger partial charge in [-0.25, -0.2) is 0 Å². The topological polar surface area (TPSA) is 131 Å². The summed E-state index contributed by atoms with van der Waals surface area (Å²) >= 11 is 0. The van der Waals surface area contributed by atoms with Crippen molar-refractivity contribution in [3.63, 3.8) is 0 Å². The minimum Gasteiger partial charge on any atom is -0.486 e. The maximum absolute atomic E-state index is 12.3. The van der Waals surface area contributed by atoms with Gasteiger partial charge in [0.1, 0.15) is 13.2 Å². The Morgan fingerprint density at radius 1 is 1.18 bits per heavy atom. The fraction of sp³-hybridized carbons (Fsp3) is 0.333. The van der Waals surface area contributed by atoms with Gasteiger partial charge in [0.15, 0.2) is 11.5 Å². The second-order valence-electron chi connectivity index (χ2n) is 6.17. The summed E-state index contributed by atoms with van der Waals surface area (Å²) in [4.78, 5) is 2.67. The van der Waals surface area contributed by atoms with E-state index in [1.165, 1.54) is 12.1 Å². The van der Waals surface area contributed by atoms with E-state index in [0.29, 0.717) is 30.3 Å². The summed E-state index contributed by atoms with van der Waals surface area (Å²) in [6, 6.07) is 9.75. The molecule has 0 aliphatic carbocycles. The number of aliphatic hydroxyl groups excluding tert-OH is 1. The molecule has 2 aromatic rings. The van der Waals surface area contributed by atoms with Crippen molar-refractivity contribution in [3.8, 4) is 11.5 Å². The molecule has 2 atom stereocenters. The van der Waals surface area contributed by atoms with Crippen molar-refractivity contribution in [1.82, 2.24) is 0 Å². The number of rotatable bonds is 7. The first-order valence-corrected chi connectivity index (χ1v) is 9.89. The normalized spacial score (nSPS) is 15.4. The van der Waals surface area contributed by atoms with Crippen LogP contribution in [-0.4, -0.2) is 39.4 Å². The highest BCUT2D eigenvalue weighted by Gasteiger charge is 2.25. The van der Waals surface area contributed by atoms with Crippen LogP contribution < -0.4 is 9.47 Å².